The first-order chi connectivity index (χ1) is 9.17. The lowest BCUT2D eigenvalue weighted by molar-refractivity contribution is 1.04. The number of nitrogens with two attached hydrogens (primary N) is 2. The first-order valence-electron chi connectivity index (χ1n) is 6.48. The van der Waals surface area contributed by atoms with Crippen LogP contribution in [-0.2, 0) is 12.8 Å². The summed E-state index contributed by atoms with van der Waals surface area (Å²) in [6.45, 7) is 4.22. The van der Waals surface area contributed by atoms with E-state index in [2.05, 4.69) is 23.8 Å². The fourth-order valence-corrected chi connectivity index (χ4v) is 2.74. The first kappa shape index (κ1) is 11.8. The standard InChI is InChI=1S/C14H17N5/c1-3-8-9(4-2)13-11(5-10(8)15)19-7-17-6-12(19)14(16)18-13/h5-7H,3-4,15H2,1-2H3,(H2,16,18). The number of nitrogen functional groups attached to an aromatic ring is 2. The summed E-state index contributed by atoms with van der Waals surface area (Å²) < 4.78 is 1.95. The molecule has 5 nitrogen and oxygen atoms in total. The zero-order valence-corrected chi connectivity index (χ0v) is 11.1. The fraction of sp³-hybridized carbons (Fsp3) is 0.286. The second-order valence-corrected chi connectivity index (χ2v) is 4.64. The molecule has 2 heterocycles. The SMILES string of the molecule is CCc1c(N)cc2c(nc(N)c3cncn32)c1CC. The van der Waals surface area contributed by atoms with Gasteiger partial charge in [0.1, 0.15) is 11.3 Å². The van der Waals surface area contributed by atoms with Gasteiger partial charge >= 0.3 is 0 Å². The van der Waals surface area contributed by atoms with E-state index in [-0.39, 0.29) is 0 Å². The van der Waals surface area contributed by atoms with Crippen molar-refractivity contribution in [3.8, 4) is 0 Å². The second kappa shape index (κ2) is 4.12. The predicted molar refractivity (Wildman–Crippen MR) is 78.1 cm³/mol. The highest BCUT2D eigenvalue weighted by Crippen LogP contribution is 2.29. The van der Waals surface area contributed by atoms with Gasteiger partial charge in [-0.1, -0.05) is 13.8 Å². The number of imidazole rings is 1. The average molecular weight is 255 g/mol. The maximum absolute atomic E-state index is 6.18. The molecule has 3 rings (SSSR count). The lowest BCUT2D eigenvalue weighted by atomic mass is 9.99. The Balaban J connectivity index is 2.56. The van der Waals surface area contributed by atoms with Crippen molar-refractivity contribution in [1.29, 1.82) is 0 Å². The second-order valence-electron chi connectivity index (χ2n) is 4.64. The molecule has 0 unspecified atom stereocenters. The van der Waals surface area contributed by atoms with E-state index >= 15 is 0 Å². The van der Waals surface area contributed by atoms with Crippen molar-refractivity contribution >= 4 is 28.1 Å². The van der Waals surface area contributed by atoms with Crippen molar-refractivity contribution in [3.63, 3.8) is 0 Å². The van der Waals surface area contributed by atoms with Crippen LogP contribution in [0.1, 0.15) is 25.0 Å². The highest BCUT2D eigenvalue weighted by atomic mass is 15.0. The molecule has 0 radical (unpaired) electrons. The minimum atomic E-state index is 0.506. The number of nitrogens with zero attached hydrogens (tertiary/aromatic N) is 3. The van der Waals surface area contributed by atoms with Crippen molar-refractivity contribution in [2.45, 2.75) is 26.7 Å². The van der Waals surface area contributed by atoms with Crippen LogP contribution in [0.2, 0.25) is 0 Å². The van der Waals surface area contributed by atoms with E-state index < -0.39 is 0 Å². The molecule has 0 aliphatic heterocycles. The van der Waals surface area contributed by atoms with Gasteiger partial charge in [-0.2, -0.15) is 0 Å². The van der Waals surface area contributed by atoms with Crippen LogP contribution in [0.3, 0.4) is 0 Å². The third-order valence-corrected chi connectivity index (χ3v) is 3.63. The van der Waals surface area contributed by atoms with Crippen LogP contribution in [0.5, 0.6) is 0 Å². The van der Waals surface area contributed by atoms with Crippen molar-refractivity contribution < 1.29 is 0 Å². The monoisotopic (exact) mass is 255 g/mol. The van der Waals surface area contributed by atoms with E-state index in [0.29, 0.717) is 5.82 Å². The number of benzene rings is 1. The third kappa shape index (κ3) is 1.54. The summed E-state index contributed by atoms with van der Waals surface area (Å²) in [5, 5.41) is 0. The first-order valence-corrected chi connectivity index (χ1v) is 6.48. The van der Waals surface area contributed by atoms with Crippen molar-refractivity contribution in [3.05, 3.63) is 29.7 Å². The smallest absolute Gasteiger partial charge is 0.150 e. The van der Waals surface area contributed by atoms with E-state index in [1.165, 1.54) is 11.1 Å². The maximum atomic E-state index is 6.18. The summed E-state index contributed by atoms with van der Waals surface area (Å²) in [6, 6.07) is 1.97. The van der Waals surface area contributed by atoms with E-state index in [4.69, 9.17) is 11.5 Å². The molecule has 0 spiro atoms. The number of rotatable bonds is 2. The van der Waals surface area contributed by atoms with Crippen LogP contribution in [0.25, 0.3) is 16.6 Å². The Morgan fingerprint density at radius 2 is 1.84 bits per heavy atom. The quantitative estimate of drug-likeness (QED) is 0.687. The van der Waals surface area contributed by atoms with Gasteiger partial charge in [0.15, 0.2) is 0 Å². The predicted octanol–water partition coefficient (Wildman–Crippen LogP) is 2.17. The van der Waals surface area contributed by atoms with Gasteiger partial charge in [0.2, 0.25) is 0 Å². The van der Waals surface area contributed by atoms with Gasteiger partial charge in [-0.05, 0) is 30.0 Å². The number of aryl methyl sites for hydroxylation is 1. The Hall–Kier alpha value is -2.30. The zero-order chi connectivity index (χ0) is 13.6. The molecule has 98 valence electrons. The van der Waals surface area contributed by atoms with Crippen LogP contribution >= 0.6 is 0 Å². The summed E-state index contributed by atoms with van der Waals surface area (Å²) >= 11 is 0. The molecule has 0 aliphatic carbocycles. The lowest BCUT2D eigenvalue weighted by Crippen LogP contribution is -2.05. The van der Waals surface area contributed by atoms with E-state index in [1.807, 2.05) is 10.5 Å². The zero-order valence-electron chi connectivity index (χ0n) is 11.1. The molecule has 0 saturated carbocycles. The van der Waals surface area contributed by atoms with Gasteiger partial charge in [0, 0.05) is 5.69 Å². The van der Waals surface area contributed by atoms with Crippen LogP contribution in [0, 0.1) is 0 Å². The molecule has 4 N–H and O–H groups in total. The maximum Gasteiger partial charge on any atom is 0.150 e. The molecular formula is C14H17N5. The van der Waals surface area contributed by atoms with Gasteiger partial charge in [-0.15, -0.1) is 0 Å². The molecule has 5 heteroatoms. The topological polar surface area (TPSA) is 82.2 Å². The van der Waals surface area contributed by atoms with Crippen LogP contribution in [0.15, 0.2) is 18.6 Å². The number of hydrogen-bond donors (Lipinski definition) is 2. The Labute approximate surface area is 111 Å². The Morgan fingerprint density at radius 1 is 1.11 bits per heavy atom. The molecule has 3 aromatic rings. The van der Waals surface area contributed by atoms with Crippen molar-refractivity contribution in [1.82, 2.24) is 14.4 Å². The van der Waals surface area contributed by atoms with Gasteiger partial charge in [0.05, 0.1) is 23.6 Å². The van der Waals surface area contributed by atoms with Gasteiger partial charge in [-0.25, -0.2) is 9.97 Å². The summed E-state index contributed by atoms with van der Waals surface area (Å²) in [7, 11) is 0. The number of aromatic nitrogens is 3. The average Bonchev–Trinajstić information content (AvgIpc) is 2.88. The third-order valence-electron chi connectivity index (χ3n) is 3.63. The van der Waals surface area contributed by atoms with Gasteiger partial charge < -0.3 is 11.5 Å². The summed E-state index contributed by atoms with van der Waals surface area (Å²) in [5.41, 5.74) is 18.1. The van der Waals surface area contributed by atoms with Crippen LogP contribution in [-0.4, -0.2) is 14.4 Å². The van der Waals surface area contributed by atoms with Crippen LogP contribution < -0.4 is 11.5 Å². The summed E-state index contributed by atoms with van der Waals surface area (Å²) in [4.78, 5) is 8.70. The molecule has 2 aromatic heterocycles. The van der Waals surface area contributed by atoms with E-state index in [0.717, 1.165) is 35.1 Å². The molecule has 1 aromatic carbocycles. The van der Waals surface area contributed by atoms with Gasteiger partial charge in [0.25, 0.3) is 0 Å². The normalized spacial score (nSPS) is 11.5. The highest BCUT2D eigenvalue weighted by Gasteiger charge is 2.14. The molecule has 0 saturated heterocycles. The summed E-state index contributed by atoms with van der Waals surface area (Å²) in [5.74, 6) is 0.506. The molecular weight excluding hydrogens is 238 g/mol. The Bertz CT molecular complexity index is 772. The largest absolute Gasteiger partial charge is 0.398 e. The molecule has 0 fully saturated rings. The number of anilines is 2. The van der Waals surface area contributed by atoms with Crippen LogP contribution in [0.4, 0.5) is 11.5 Å². The molecule has 0 aliphatic rings. The molecule has 0 atom stereocenters. The lowest BCUT2D eigenvalue weighted by Gasteiger charge is -2.14. The fourth-order valence-electron chi connectivity index (χ4n) is 2.74. The molecule has 19 heavy (non-hydrogen) atoms. The Morgan fingerprint density at radius 3 is 2.53 bits per heavy atom. The van der Waals surface area contributed by atoms with E-state index in [1.54, 1.807) is 12.5 Å². The van der Waals surface area contributed by atoms with Gasteiger partial charge in [-0.3, -0.25) is 4.40 Å². The highest BCUT2D eigenvalue weighted by molar-refractivity contribution is 5.89. The van der Waals surface area contributed by atoms with E-state index in [9.17, 15) is 0 Å². The summed E-state index contributed by atoms with van der Waals surface area (Å²) in [6.07, 6.45) is 5.25. The minimum absolute atomic E-state index is 0.506. The molecule has 0 amide bonds. The molecule has 0 bridgehead atoms. The Kier molecular flexibility index (Phi) is 2.55. The minimum Gasteiger partial charge on any atom is -0.398 e. The number of fused-ring (bicyclic) bond motifs is 3. The van der Waals surface area contributed by atoms with Crippen molar-refractivity contribution in [2.24, 2.45) is 0 Å². The number of hydrogen-bond acceptors (Lipinski definition) is 4. The van der Waals surface area contributed by atoms with Crippen molar-refractivity contribution in [2.75, 3.05) is 11.5 Å².